The molecule has 4 aliphatic carbocycles. The summed E-state index contributed by atoms with van der Waals surface area (Å²) in [5, 5.41) is 10.0. The molecule has 4 aromatic rings. The molecule has 0 saturated heterocycles. The van der Waals surface area contributed by atoms with Gasteiger partial charge in [0.05, 0.1) is 11.6 Å². The second-order valence-electron chi connectivity index (χ2n) is 12.1. The van der Waals surface area contributed by atoms with E-state index < -0.39 is 0 Å². The van der Waals surface area contributed by atoms with Crippen molar-refractivity contribution < 1.29 is 0 Å². The second kappa shape index (κ2) is 8.88. The van der Waals surface area contributed by atoms with Crippen LogP contribution in [0.1, 0.15) is 60.8 Å². The van der Waals surface area contributed by atoms with Gasteiger partial charge in [-0.05, 0) is 99.3 Å². The normalized spacial score (nSPS) is 25.3. The summed E-state index contributed by atoms with van der Waals surface area (Å²) in [6.07, 6.45) is 7.97. The SMILES string of the molecule is Cc1ccc(-c2nc(-c3ccc(C)cc3)nc(-c3cc(C#N)cc(C45CC6C[C@H](C4)C[C@@H](C6)C5)c3)n2)cc1. The molecule has 0 unspecified atom stereocenters. The average Bonchev–Trinajstić information content (AvgIpc) is 2.92. The van der Waals surface area contributed by atoms with Gasteiger partial charge in [0.15, 0.2) is 17.5 Å². The predicted octanol–water partition coefficient (Wildman–Crippen LogP) is 7.83. The van der Waals surface area contributed by atoms with Crippen molar-refractivity contribution >= 4 is 0 Å². The summed E-state index contributed by atoms with van der Waals surface area (Å²) >= 11 is 0. The fourth-order valence-electron chi connectivity index (χ4n) is 7.76. The monoisotopic (exact) mass is 496 g/mol. The topological polar surface area (TPSA) is 62.5 Å². The number of hydrogen-bond donors (Lipinski definition) is 0. The molecule has 0 spiro atoms. The molecule has 0 amide bonds. The maximum atomic E-state index is 10.0. The molecule has 0 radical (unpaired) electrons. The number of aromatic nitrogens is 3. The third-order valence-corrected chi connectivity index (χ3v) is 9.23. The Hall–Kier alpha value is -3.84. The van der Waals surface area contributed by atoms with Gasteiger partial charge in [0, 0.05) is 16.7 Å². The first-order valence-corrected chi connectivity index (χ1v) is 13.9. The standard InChI is InChI=1S/C34H32N4/c1-21-3-7-27(8-4-21)31-36-32(28-9-5-22(2)6-10-28)38-33(37-31)29-14-26(20-35)15-30(16-29)34-17-23-11-24(18-34)13-25(12-23)19-34/h3-10,14-16,23-25H,11-13,17-19H2,1-2H3/t23-,24+,25?,34?. The smallest absolute Gasteiger partial charge is 0.164 e. The number of aryl methyl sites for hydroxylation is 2. The molecule has 188 valence electrons. The number of nitriles is 1. The summed E-state index contributed by atoms with van der Waals surface area (Å²) in [5.41, 5.74) is 7.45. The van der Waals surface area contributed by atoms with E-state index >= 15 is 0 Å². The lowest BCUT2D eigenvalue weighted by molar-refractivity contribution is -0.00518. The molecule has 4 bridgehead atoms. The van der Waals surface area contributed by atoms with Crippen molar-refractivity contribution in [2.75, 3.05) is 0 Å². The van der Waals surface area contributed by atoms with Gasteiger partial charge in [0.1, 0.15) is 0 Å². The van der Waals surface area contributed by atoms with E-state index in [-0.39, 0.29) is 5.41 Å². The molecule has 0 N–H and O–H groups in total. The summed E-state index contributed by atoms with van der Waals surface area (Å²) in [7, 11) is 0. The molecule has 8 rings (SSSR count). The zero-order valence-corrected chi connectivity index (χ0v) is 22.1. The molecule has 4 nitrogen and oxygen atoms in total. The molecule has 0 atom stereocenters. The van der Waals surface area contributed by atoms with E-state index in [0.717, 1.165) is 34.4 Å². The first kappa shape index (κ1) is 23.3. The molecule has 38 heavy (non-hydrogen) atoms. The third-order valence-electron chi connectivity index (χ3n) is 9.23. The summed E-state index contributed by atoms with van der Waals surface area (Å²) in [6, 6.07) is 25.5. The van der Waals surface area contributed by atoms with Crippen LogP contribution in [-0.4, -0.2) is 15.0 Å². The van der Waals surface area contributed by atoms with Gasteiger partial charge in [-0.2, -0.15) is 5.26 Å². The van der Waals surface area contributed by atoms with Gasteiger partial charge in [0.2, 0.25) is 0 Å². The summed E-state index contributed by atoms with van der Waals surface area (Å²) < 4.78 is 0. The molecular weight excluding hydrogens is 464 g/mol. The van der Waals surface area contributed by atoms with Crippen molar-refractivity contribution in [3.05, 3.63) is 89.0 Å². The van der Waals surface area contributed by atoms with E-state index in [1.807, 2.05) is 6.07 Å². The quantitative estimate of drug-likeness (QED) is 0.289. The lowest BCUT2D eigenvalue weighted by Gasteiger charge is -2.57. The maximum absolute atomic E-state index is 10.0. The highest BCUT2D eigenvalue weighted by Gasteiger charge is 2.51. The van der Waals surface area contributed by atoms with Crippen LogP contribution in [0.5, 0.6) is 0 Å². The van der Waals surface area contributed by atoms with Crippen LogP contribution in [0.4, 0.5) is 0 Å². The van der Waals surface area contributed by atoms with Crippen LogP contribution >= 0.6 is 0 Å². The number of hydrogen-bond acceptors (Lipinski definition) is 4. The van der Waals surface area contributed by atoms with Crippen molar-refractivity contribution in [3.63, 3.8) is 0 Å². The number of benzene rings is 3. The summed E-state index contributed by atoms with van der Waals surface area (Å²) in [6.45, 7) is 4.17. The molecule has 0 aliphatic heterocycles. The molecule has 4 saturated carbocycles. The highest BCUT2D eigenvalue weighted by atomic mass is 15.0. The highest BCUT2D eigenvalue weighted by molar-refractivity contribution is 5.68. The molecule has 4 fully saturated rings. The lowest BCUT2D eigenvalue weighted by atomic mass is 9.48. The Morgan fingerprint density at radius 2 is 1.08 bits per heavy atom. The Morgan fingerprint density at radius 3 is 1.53 bits per heavy atom. The molecule has 1 aromatic heterocycles. The van der Waals surface area contributed by atoms with Gasteiger partial charge >= 0.3 is 0 Å². The van der Waals surface area contributed by atoms with Gasteiger partial charge in [-0.25, -0.2) is 15.0 Å². The van der Waals surface area contributed by atoms with Crippen LogP contribution in [0, 0.1) is 42.9 Å². The van der Waals surface area contributed by atoms with E-state index in [4.69, 9.17) is 15.0 Å². The minimum Gasteiger partial charge on any atom is -0.208 e. The Morgan fingerprint density at radius 1 is 0.632 bits per heavy atom. The van der Waals surface area contributed by atoms with Crippen LogP contribution in [-0.2, 0) is 5.41 Å². The summed E-state index contributed by atoms with van der Waals surface area (Å²) in [5.74, 6) is 4.47. The largest absolute Gasteiger partial charge is 0.208 e. The molecular formula is C34H32N4. The number of rotatable bonds is 4. The first-order valence-electron chi connectivity index (χ1n) is 13.9. The Balaban J connectivity index is 1.38. The van der Waals surface area contributed by atoms with E-state index in [9.17, 15) is 5.26 Å². The molecule has 4 heteroatoms. The van der Waals surface area contributed by atoms with Crippen molar-refractivity contribution in [2.24, 2.45) is 17.8 Å². The summed E-state index contributed by atoms with van der Waals surface area (Å²) in [4.78, 5) is 14.8. The van der Waals surface area contributed by atoms with E-state index in [1.165, 1.54) is 55.2 Å². The Bertz CT molecular complexity index is 1460. The van der Waals surface area contributed by atoms with Crippen LogP contribution in [0.2, 0.25) is 0 Å². The van der Waals surface area contributed by atoms with Gasteiger partial charge in [-0.1, -0.05) is 59.7 Å². The van der Waals surface area contributed by atoms with E-state index in [1.54, 1.807) is 0 Å². The fraction of sp³-hybridized carbons (Fsp3) is 0.353. The van der Waals surface area contributed by atoms with Crippen LogP contribution < -0.4 is 0 Å². The lowest BCUT2D eigenvalue weighted by Crippen LogP contribution is -2.48. The highest BCUT2D eigenvalue weighted by Crippen LogP contribution is 2.61. The number of nitrogens with zero attached hydrogens (tertiary/aromatic N) is 4. The second-order valence-corrected chi connectivity index (χ2v) is 12.1. The zero-order valence-electron chi connectivity index (χ0n) is 22.1. The van der Waals surface area contributed by atoms with Gasteiger partial charge < -0.3 is 0 Å². The predicted molar refractivity (Wildman–Crippen MR) is 150 cm³/mol. The van der Waals surface area contributed by atoms with Gasteiger partial charge in [-0.15, -0.1) is 0 Å². The van der Waals surface area contributed by atoms with Crippen LogP contribution in [0.25, 0.3) is 34.2 Å². The minimum absolute atomic E-state index is 0.197. The molecule has 3 aromatic carbocycles. The van der Waals surface area contributed by atoms with Crippen molar-refractivity contribution in [2.45, 2.75) is 57.8 Å². The van der Waals surface area contributed by atoms with Crippen molar-refractivity contribution in [3.8, 4) is 40.2 Å². The minimum atomic E-state index is 0.197. The van der Waals surface area contributed by atoms with E-state index in [0.29, 0.717) is 23.0 Å². The van der Waals surface area contributed by atoms with Crippen LogP contribution in [0.3, 0.4) is 0 Å². The maximum Gasteiger partial charge on any atom is 0.164 e. The van der Waals surface area contributed by atoms with Crippen LogP contribution in [0.15, 0.2) is 66.7 Å². The van der Waals surface area contributed by atoms with E-state index in [2.05, 4.69) is 80.6 Å². The van der Waals surface area contributed by atoms with Crippen molar-refractivity contribution in [1.82, 2.24) is 15.0 Å². The zero-order chi connectivity index (χ0) is 25.9. The average molecular weight is 497 g/mol. The first-order chi connectivity index (χ1) is 18.5. The van der Waals surface area contributed by atoms with Gasteiger partial charge in [-0.3, -0.25) is 0 Å². The molecule has 4 aliphatic rings. The Kier molecular flexibility index (Phi) is 5.44. The molecule has 1 heterocycles. The van der Waals surface area contributed by atoms with Crippen molar-refractivity contribution in [1.29, 1.82) is 5.26 Å². The third kappa shape index (κ3) is 4.11. The van der Waals surface area contributed by atoms with Gasteiger partial charge in [0.25, 0.3) is 0 Å². The fourth-order valence-corrected chi connectivity index (χ4v) is 7.76. The Labute approximate surface area is 224 Å².